The molecule has 0 atom stereocenters. The molecule has 1 aromatic heterocycles. The van der Waals surface area contributed by atoms with Crippen molar-refractivity contribution in [1.82, 2.24) is 15.0 Å². The Morgan fingerprint density at radius 1 is 0.462 bits per heavy atom. The maximum Gasteiger partial charge on any atom is 0.164 e. The number of nitrogens with zero attached hydrogens (tertiary/aromatic N) is 3. The molecule has 1 heterocycles. The van der Waals surface area contributed by atoms with Crippen molar-refractivity contribution in [3.63, 3.8) is 0 Å². The van der Waals surface area contributed by atoms with Gasteiger partial charge in [0.1, 0.15) is 15.7 Å². The summed E-state index contributed by atoms with van der Waals surface area (Å²) in [4.78, 5) is 14.0. The van der Waals surface area contributed by atoms with Crippen LogP contribution in [0.2, 0.25) is 0 Å². The Kier molecular flexibility index (Phi) is 4.36. The summed E-state index contributed by atoms with van der Waals surface area (Å²) < 4.78 is 0. The van der Waals surface area contributed by atoms with E-state index in [0.29, 0.717) is 28.4 Å². The van der Waals surface area contributed by atoms with Gasteiger partial charge in [-0.15, -0.1) is 0 Å². The first kappa shape index (κ1) is 16.3. The van der Waals surface area contributed by atoms with E-state index in [2.05, 4.69) is 15.0 Å². The van der Waals surface area contributed by atoms with Crippen LogP contribution in [0.15, 0.2) is 78.9 Å². The SMILES string of the molecule is [B]c1cc([B])cc(-c2nc(-c3ccccc3)nc(-c3ccccc3)n2)c1. The molecule has 3 aromatic carbocycles. The third-order valence-corrected chi connectivity index (χ3v) is 3.94. The number of hydrogen-bond acceptors (Lipinski definition) is 3. The smallest absolute Gasteiger partial charge is 0.164 e. The van der Waals surface area contributed by atoms with Crippen molar-refractivity contribution >= 4 is 26.6 Å². The van der Waals surface area contributed by atoms with Crippen LogP contribution in [0, 0.1) is 0 Å². The largest absolute Gasteiger partial charge is 0.208 e. The molecule has 0 aliphatic carbocycles. The van der Waals surface area contributed by atoms with E-state index in [1.807, 2.05) is 72.8 Å². The van der Waals surface area contributed by atoms with Crippen LogP contribution in [0.1, 0.15) is 0 Å². The minimum atomic E-state index is 0.539. The lowest BCUT2D eigenvalue weighted by Crippen LogP contribution is -2.14. The average molecular weight is 329 g/mol. The van der Waals surface area contributed by atoms with Crippen LogP contribution in [-0.2, 0) is 0 Å². The Morgan fingerprint density at radius 2 is 0.846 bits per heavy atom. The molecule has 0 aliphatic heterocycles. The average Bonchev–Trinajstić information content (AvgIpc) is 2.68. The quantitative estimate of drug-likeness (QED) is 0.542. The van der Waals surface area contributed by atoms with Gasteiger partial charge in [0.15, 0.2) is 17.5 Å². The highest BCUT2D eigenvalue weighted by molar-refractivity contribution is 6.38. The van der Waals surface area contributed by atoms with Crippen molar-refractivity contribution in [2.75, 3.05) is 0 Å². The molecule has 3 nitrogen and oxygen atoms in total. The van der Waals surface area contributed by atoms with E-state index in [4.69, 9.17) is 15.7 Å². The molecule has 26 heavy (non-hydrogen) atoms. The minimum absolute atomic E-state index is 0.539. The van der Waals surface area contributed by atoms with Gasteiger partial charge in [0, 0.05) is 16.7 Å². The highest BCUT2D eigenvalue weighted by Crippen LogP contribution is 2.23. The van der Waals surface area contributed by atoms with Crippen molar-refractivity contribution < 1.29 is 0 Å². The van der Waals surface area contributed by atoms with Crippen molar-refractivity contribution in [2.24, 2.45) is 0 Å². The molecule has 0 spiro atoms. The predicted molar refractivity (Wildman–Crippen MR) is 107 cm³/mol. The van der Waals surface area contributed by atoms with E-state index in [1.165, 1.54) is 0 Å². The maximum absolute atomic E-state index is 5.94. The fourth-order valence-corrected chi connectivity index (χ4v) is 2.74. The Hall–Kier alpha value is -3.20. The zero-order chi connectivity index (χ0) is 17.9. The summed E-state index contributed by atoms with van der Waals surface area (Å²) in [5.41, 5.74) is 3.75. The Bertz CT molecular complexity index is 973. The zero-order valence-corrected chi connectivity index (χ0v) is 14.0. The van der Waals surface area contributed by atoms with Crippen LogP contribution in [0.25, 0.3) is 34.2 Å². The first-order valence-electron chi connectivity index (χ1n) is 8.22. The molecular formula is C21H13B2N3. The van der Waals surface area contributed by atoms with Gasteiger partial charge in [-0.1, -0.05) is 89.8 Å². The Balaban J connectivity index is 1.93. The van der Waals surface area contributed by atoms with Crippen LogP contribution >= 0.6 is 0 Å². The minimum Gasteiger partial charge on any atom is -0.208 e. The normalized spacial score (nSPS) is 10.6. The molecule has 4 aromatic rings. The molecule has 0 N–H and O–H groups in total. The van der Waals surface area contributed by atoms with E-state index in [-0.39, 0.29) is 0 Å². The van der Waals surface area contributed by atoms with E-state index in [0.717, 1.165) is 16.7 Å². The molecule has 0 amide bonds. The van der Waals surface area contributed by atoms with Gasteiger partial charge in [0.25, 0.3) is 0 Å². The van der Waals surface area contributed by atoms with Gasteiger partial charge in [0.2, 0.25) is 0 Å². The molecule has 0 fully saturated rings. The van der Waals surface area contributed by atoms with Gasteiger partial charge in [0.05, 0.1) is 0 Å². The highest BCUT2D eigenvalue weighted by atomic mass is 15.0. The monoisotopic (exact) mass is 329 g/mol. The number of benzene rings is 3. The van der Waals surface area contributed by atoms with Crippen LogP contribution in [0.3, 0.4) is 0 Å². The molecule has 118 valence electrons. The van der Waals surface area contributed by atoms with E-state index in [9.17, 15) is 0 Å². The third kappa shape index (κ3) is 3.42. The standard InChI is InChI=1S/C21H13B2N3/c22-17-11-16(12-18(23)13-17)21-25-19(14-7-3-1-4-8-14)24-20(26-21)15-9-5-2-6-10-15/h1-13H. The van der Waals surface area contributed by atoms with Crippen molar-refractivity contribution in [3.8, 4) is 34.2 Å². The summed E-state index contributed by atoms with van der Waals surface area (Å²) in [6.45, 7) is 0. The second-order valence-electron chi connectivity index (χ2n) is 5.93. The van der Waals surface area contributed by atoms with E-state index < -0.39 is 0 Å². The number of hydrogen-bond donors (Lipinski definition) is 0. The van der Waals surface area contributed by atoms with Crippen molar-refractivity contribution in [2.45, 2.75) is 0 Å². The fourth-order valence-electron chi connectivity index (χ4n) is 2.74. The maximum atomic E-state index is 5.94. The molecule has 4 radical (unpaired) electrons. The lowest BCUT2D eigenvalue weighted by Gasteiger charge is -2.09. The molecule has 5 heteroatoms. The van der Waals surface area contributed by atoms with Crippen LogP contribution < -0.4 is 10.9 Å². The molecule has 0 aliphatic rings. The van der Waals surface area contributed by atoms with Gasteiger partial charge in [-0.3, -0.25) is 0 Å². The zero-order valence-electron chi connectivity index (χ0n) is 14.0. The third-order valence-electron chi connectivity index (χ3n) is 3.94. The van der Waals surface area contributed by atoms with Crippen LogP contribution in [-0.4, -0.2) is 30.6 Å². The Labute approximate surface area is 155 Å². The van der Waals surface area contributed by atoms with Gasteiger partial charge in [-0.25, -0.2) is 15.0 Å². The number of rotatable bonds is 3. The Morgan fingerprint density at radius 3 is 1.27 bits per heavy atom. The second-order valence-corrected chi connectivity index (χ2v) is 5.93. The lowest BCUT2D eigenvalue weighted by molar-refractivity contribution is 1.07. The van der Waals surface area contributed by atoms with Crippen LogP contribution in [0.5, 0.6) is 0 Å². The summed E-state index contributed by atoms with van der Waals surface area (Å²) in [7, 11) is 11.9. The molecule has 0 bridgehead atoms. The van der Waals surface area contributed by atoms with Crippen LogP contribution in [0.4, 0.5) is 0 Å². The second kappa shape index (κ2) is 6.96. The molecule has 4 rings (SSSR count). The van der Waals surface area contributed by atoms with E-state index >= 15 is 0 Å². The summed E-state index contributed by atoms with van der Waals surface area (Å²) in [5.74, 6) is 1.75. The van der Waals surface area contributed by atoms with Crippen molar-refractivity contribution in [1.29, 1.82) is 0 Å². The predicted octanol–water partition coefficient (Wildman–Crippen LogP) is 2.46. The summed E-state index contributed by atoms with van der Waals surface area (Å²) in [6, 6.07) is 25.0. The molecule has 0 unspecified atom stereocenters. The van der Waals surface area contributed by atoms with Crippen molar-refractivity contribution in [3.05, 3.63) is 78.9 Å². The molecule has 0 saturated carbocycles. The van der Waals surface area contributed by atoms with Gasteiger partial charge in [-0.2, -0.15) is 0 Å². The van der Waals surface area contributed by atoms with Gasteiger partial charge < -0.3 is 0 Å². The van der Waals surface area contributed by atoms with E-state index in [1.54, 1.807) is 6.07 Å². The molecular weight excluding hydrogens is 316 g/mol. The summed E-state index contributed by atoms with van der Waals surface area (Å²) in [5, 5.41) is 0. The topological polar surface area (TPSA) is 38.7 Å². The lowest BCUT2D eigenvalue weighted by atomic mass is 9.85. The molecule has 0 saturated heterocycles. The summed E-state index contributed by atoms with van der Waals surface area (Å²) in [6.07, 6.45) is 0. The first-order valence-corrected chi connectivity index (χ1v) is 8.22. The first-order chi connectivity index (χ1) is 12.7. The summed E-state index contributed by atoms with van der Waals surface area (Å²) >= 11 is 0. The van der Waals surface area contributed by atoms with Gasteiger partial charge in [-0.05, 0) is 0 Å². The van der Waals surface area contributed by atoms with Gasteiger partial charge >= 0.3 is 0 Å². The highest BCUT2D eigenvalue weighted by Gasteiger charge is 2.12. The number of aromatic nitrogens is 3. The fraction of sp³-hybridized carbons (Fsp3) is 0.